The fourth-order valence-electron chi connectivity index (χ4n) is 1.49. The number of nitrogens with one attached hydrogen (secondary N) is 2. The molecule has 2 rings (SSSR count). The molecule has 0 radical (unpaired) electrons. The highest BCUT2D eigenvalue weighted by molar-refractivity contribution is 7.14. The summed E-state index contributed by atoms with van der Waals surface area (Å²) in [5, 5.41) is 16.4. The van der Waals surface area contributed by atoms with Gasteiger partial charge in [0.05, 0.1) is 5.69 Å². The van der Waals surface area contributed by atoms with Crippen molar-refractivity contribution in [3.05, 3.63) is 35.7 Å². The highest BCUT2D eigenvalue weighted by Crippen LogP contribution is 2.24. The normalized spacial score (nSPS) is 10.2. The van der Waals surface area contributed by atoms with Crippen LogP contribution < -0.4 is 10.6 Å². The number of thiazole rings is 1. The summed E-state index contributed by atoms with van der Waals surface area (Å²) in [4.78, 5) is 15.8. The summed E-state index contributed by atoms with van der Waals surface area (Å²) in [5.41, 5.74) is 1.86. The lowest BCUT2D eigenvalue weighted by atomic mass is 10.2. The van der Waals surface area contributed by atoms with Gasteiger partial charge >= 0.3 is 6.03 Å². The predicted octanol–water partition coefficient (Wildman–Crippen LogP) is 2.31. The maximum absolute atomic E-state index is 11.5. The summed E-state index contributed by atoms with van der Waals surface area (Å²) in [6.07, 6.45) is 0.542. The van der Waals surface area contributed by atoms with Gasteiger partial charge in [-0.25, -0.2) is 9.78 Å². The van der Waals surface area contributed by atoms with E-state index < -0.39 is 0 Å². The van der Waals surface area contributed by atoms with Gasteiger partial charge in [-0.05, 0) is 6.42 Å². The fourth-order valence-corrected chi connectivity index (χ4v) is 2.21. The van der Waals surface area contributed by atoms with E-state index in [9.17, 15) is 4.79 Å². The molecule has 0 fully saturated rings. The van der Waals surface area contributed by atoms with E-state index in [1.165, 1.54) is 11.3 Å². The lowest BCUT2D eigenvalue weighted by molar-refractivity contribution is 0.249. The van der Waals surface area contributed by atoms with Crippen LogP contribution in [0.25, 0.3) is 11.3 Å². The Morgan fingerprint density at radius 2 is 2.11 bits per heavy atom. The van der Waals surface area contributed by atoms with Crippen LogP contribution in [-0.2, 0) is 0 Å². The third-order valence-corrected chi connectivity index (χ3v) is 3.17. The summed E-state index contributed by atoms with van der Waals surface area (Å²) >= 11 is 1.38. The number of urea groups is 1. The zero-order valence-electron chi connectivity index (χ0n) is 10.3. The predicted molar refractivity (Wildman–Crippen MR) is 76.3 cm³/mol. The van der Waals surface area contributed by atoms with Gasteiger partial charge in [0.1, 0.15) is 0 Å². The Morgan fingerprint density at radius 1 is 1.32 bits per heavy atom. The van der Waals surface area contributed by atoms with Gasteiger partial charge in [-0.15, -0.1) is 11.3 Å². The van der Waals surface area contributed by atoms with Crippen LogP contribution in [0.3, 0.4) is 0 Å². The third kappa shape index (κ3) is 4.04. The number of benzene rings is 1. The number of nitrogens with zero attached hydrogens (tertiary/aromatic N) is 1. The van der Waals surface area contributed by atoms with Crippen molar-refractivity contribution in [3.63, 3.8) is 0 Å². The minimum atomic E-state index is -0.303. The number of carbonyl (C=O) groups excluding carboxylic acids is 1. The topological polar surface area (TPSA) is 74.2 Å². The highest BCUT2D eigenvalue weighted by atomic mass is 32.1. The summed E-state index contributed by atoms with van der Waals surface area (Å²) in [7, 11) is 0. The van der Waals surface area contributed by atoms with E-state index in [1.807, 2.05) is 35.7 Å². The molecule has 1 aromatic heterocycles. The summed E-state index contributed by atoms with van der Waals surface area (Å²) in [6, 6.07) is 9.49. The number of rotatable bonds is 5. The summed E-state index contributed by atoms with van der Waals surface area (Å²) in [6.45, 7) is 0.509. The molecule has 100 valence electrons. The maximum atomic E-state index is 11.5. The average molecular weight is 277 g/mol. The molecular formula is C13H15N3O2S. The number of anilines is 1. The Bertz CT molecular complexity index is 528. The first-order chi connectivity index (χ1) is 9.29. The molecule has 0 aliphatic heterocycles. The van der Waals surface area contributed by atoms with Crippen molar-refractivity contribution in [2.45, 2.75) is 6.42 Å². The first kappa shape index (κ1) is 13.5. The van der Waals surface area contributed by atoms with Crippen LogP contribution in [0.4, 0.5) is 9.93 Å². The minimum absolute atomic E-state index is 0.0652. The number of aliphatic hydroxyl groups excluding tert-OH is 1. The van der Waals surface area contributed by atoms with E-state index in [1.54, 1.807) is 0 Å². The van der Waals surface area contributed by atoms with E-state index in [-0.39, 0.29) is 12.6 Å². The van der Waals surface area contributed by atoms with Crippen LogP contribution >= 0.6 is 11.3 Å². The van der Waals surface area contributed by atoms with Crippen LogP contribution in [0.2, 0.25) is 0 Å². The van der Waals surface area contributed by atoms with Gasteiger partial charge in [0.25, 0.3) is 0 Å². The van der Waals surface area contributed by atoms with Gasteiger partial charge in [0.15, 0.2) is 5.13 Å². The Labute approximate surface area is 115 Å². The molecule has 2 aromatic rings. The van der Waals surface area contributed by atoms with E-state index in [0.717, 1.165) is 11.3 Å². The Morgan fingerprint density at radius 3 is 2.84 bits per heavy atom. The average Bonchev–Trinajstić information content (AvgIpc) is 2.88. The molecule has 6 heteroatoms. The maximum Gasteiger partial charge on any atom is 0.321 e. The molecule has 19 heavy (non-hydrogen) atoms. The molecule has 1 aromatic carbocycles. The second-order valence-electron chi connectivity index (χ2n) is 3.86. The number of hydrogen-bond acceptors (Lipinski definition) is 4. The molecular weight excluding hydrogens is 262 g/mol. The molecule has 0 unspecified atom stereocenters. The monoisotopic (exact) mass is 277 g/mol. The van der Waals surface area contributed by atoms with Crippen LogP contribution in [0.1, 0.15) is 6.42 Å². The smallest absolute Gasteiger partial charge is 0.321 e. The van der Waals surface area contributed by atoms with Gasteiger partial charge in [-0.2, -0.15) is 0 Å². The van der Waals surface area contributed by atoms with Crippen molar-refractivity contribution in [1.29, 1.82) is 0 Å². The zero-order chi connectivity index (χ0) is 13.5. The number of aliphatic hydroxyl groups is 1. The Balaban J connectivity index is 1.93. The lowest BCUT2D eigenvalue weighted by Gasteiger charge is -2.03. The van der Waals surface area contributed by atoms with Crippen molar-refractivity contribution in [2.75, 3.05) is 18.5 Å². The fraction of sp³-hybridized carbons (Fsp3) is 0.231. The van der Waals surface area contributed by atoms with Gasteiger partial charge in [-0.3, -0.25) is 5.32 Å². The van der Waals surface area contributed by atoms with Crippen molar-refractivity contribution >= 4 is 22.5 Å². The van der Waals surface area contributed by atoms with Gasteiger partial charge in [0, 0.05) is 24.1 Å². The van der Waals surface area contributed by atoms with E-state index in [0.29, 0.717) is 18.1 Å². The van der Waals surface area contributed by atoms with Crippen molar-refractivity contribution < 1.29 is 9.90 Å². The van der Waals surface area contributed by atoms with E-state index >= 15 is 0 Å². The number of carbonyl (C=O) groups is 1. The molecule has 0 atom stereocenters. The molecule has 0 saturated carbocycles. The quantitative estimate of drug-likeness (QED) is 0.734. The third-order valence-electron chi connectivity index (χ3n) is 2.41. The van der Waals surface area contributed by atoms with Crippen LogP contribution in [-0.4, -0.2) is 29.3 Å². The molecule has 0 saturated heterocycles. The van der Waals surface area contributed by atoms with Crippen molar-refractivity contribution in [1.82, 2.24) is 10.3 Å². The molecule has 3 N–H and O–H groups in total. The largest absolute Gasteiger partial charge is 0.396 e. The Hall–Kier alpha value is -1.92. The Kier molecular flexibility index (Phi) is 4.88. The molecule has 5 nitrogen and oxygen atoms in total. The molecule has 0 spiro atoms. The first-order valence-corrected chi connectivity index (χ1v) is 6.84. The van der Waals surface area contributed by atoms with Crippen molar-refractivity contribution in [2.24, 2.45) is 0 Å². The second kappa shape index (κ2) is 6.86. The van der Waals surface area contributed by atoms with Crippen LogP contribution in [0.5, 0.6) is 0 Å². The standard InChI is InChI=1S/C13H15N3O2S/c17-8-4-7-14-12(18)16-13-15-11(9-19-13)10-5-2-1-3-6-10/h1-3,5-6,9,17H,4,7-8H2,(H2,14,15,16,18). The van der Waals surface area contributed by atoms with E-state index in [2.05, 4.69) is 15.6 Å². The van der Waals surface area contributed by atoms with E-state index in [4.69, 9.17) is 5.11 Å². The zero-order valence-corrected chi connectivity index (χ0v) is 11.1. The van der Waals surface area contributed by atoms with Crippen LogP contribution in [0, 0.1) is 0 Å². The highest BCUT2D eigenvalue weighted by Gasteiger charge is 2.06. The summed E-state index contributed by atoms with van der Waals surface area (Å²) < 4.78 is 0. The lowest BCUT2D eigenvalue weighted by Crippen LogP contribution is -2.29. The van der Waals surface area contributed by atoms with Crippen molar-refractivity contribution in [3.8, 4) is 11.3 Å². The van der Waals surface area contributed by atoms with Gasteiger partial charge < -0.3 is 10.4 Å². The van der Waals surface area contributed by atoms with Gasteiger partial charge in [-0.1, -0.05) is 30.3 Å². The molecule has 2 amide bonds. The summed E-state index contributed by atoms with van der Waals surface area (Å²) in [5.74, 6) is 0. The SMILES string of the molecule is O=C(NCCCO)Nc1nc(-c2ccccc2)cs1. The molecule has 0 aliphatic rings. The molecule has 0 bridgehead atoms. The molecule has 1 heterocycles. The molecule has 0 aliphatic carbocycles. The second-order valence-corrected chi connectivity index (χ2v) is 4.72. The number of aromatic nitrogens is 1. The number of amides is 2. The minimum Gasteiger partial charge on any atom is -0.396 e. The first-order valence-electron chi connectivity index (χ1n) is 5.96. The van der Waals surface area contributed by atoms with Crippen LogP contribution in [0.15, 0.2) is 35.7 Å². The van der Waals surface area contributed by atoms with Gasteiger partial charge in [0.2, 0.25) is 0 Å². The number of hydrogen-bond donors (Lipinski definition) is 3.